The van der Waals surface area contributed by atoms with Crippen LogP contribution in [0.3, 0.4) is 0 Å². The molecule has 0 heterocycles. The van der Waals surface area contributed by atoms with Gasteiger partial charge in [-0.15, -0.1) is 0 Å². The van der Waals surface area contributed by atoms with Crippen molar-refractivity contribution in [3.63, 3.8) is 0 Å². The molecule has 0 bridgehead atoms. The molecule has 0 radical (unpaired) electrons. The average Bonchev–Trinajstić information content (AvgIpc) is 2.34. The minimum atomic E-state index is -0.280. The van der Waals surface area contributed by atoms with Crippen LogP contribution in [0.15, 0.2) is 42.5 Å². The van der Waals surface area contributed by atoms with Crippen LogP contribution in [0, 0.1) is 12.7 Å². The van der Waals surface area contributed by atoms with E-state index < -0.39 is 0 Å². The number of hydrogen-bond donors (Lipinski definition) is 0. The molecule has 2 aromatic rings. The summed E-state index contributed by atoms with van der Waals surface area (Å²) in [4.78, 5) is 0. The monoisotopic (exact) mass is 244 g/mol. The Kier molecular flexibility index (Phi) is 3.66. The van der Waals surface area contributed by atoms with Gasteiger partial charge in [0.25, 0.3) is 0 Å². The van der Waals surface area contributed by atoms with E-state index in [-0.39, 0.29) is 5.82 Å². The summed E-state index contributed by atoms with van der Waals surface area (Å²) in [6, 6.07) is 12.5. The molecule has 0 amide bonds. The Hall–Kier alpha value is -1.83. The molecule has 2 heteroatoms. The predicted molar refractivity (Wildman–Crippen MR) is 71.7 cm³/mol. The van der Waals surface area contributed by atoms with Gasteiger partial charge in [-0.1, -0.05) is 38.1 Å². The maximum absolute atomic E-state index is 13.2. The molecule has 94 valence electrons. The van der Waals surface area contributed by atoms with E-state index >= 15 is 0 Å². The second-order valence-corrected chi connectivity index (χ2v) is 4.70. The van der Waals surface area contributed by atoms with Crippen LogP contribution in [0.4, 0.5) is 4.39 Å². The molecule has 0 aliphatic heterocycles. The summed E-state index contributed by atoms with van der Waals surface area (Å²) in [6.07, 6.45) is 0. The van der Waals surface area contributed by atoms with Crippen LogP contribution in [0.25, 0.3) is 0 Å². The van der Waals surface area contributed by atoms with E-state index in [9.17, 15) is 4.39 Å². The van der Waals surface area contributed by atoms with E-state index in [0.717, 1.165) is 16.9 Å². The largest absolute Gasteiger partial charge is 0.457 e. The second kappa shape index (κ2) is 5.21. The van der Waals surface area contributed by atoms with Crippen molar-refractivity contribution < 1.29 is 9.13 Å². The number of hydrogen-bond acceptors (Lipinski definition) is 1. The van der Waals surface area contributed by atoms with E-state index in [4.69, 9.17) is 4.74 Å². The van der Waals surface area contributed by atoms with Crippen LogP contribution in [-0.2, 0) is 0 Å². The fourth-order valence-electron chi connectivity index (χ4n) is 1.85. The Morgan fingerprint density at radius 3 is 2.44 bits per heavy atom. The quantitative estimate of drug-likeness (QED) is 0.734. The summed E-state index contributed by atoms with van der Waals surface area (Å²) in [5.41, 5.74) is 2.05. The van der Waals surface area contributed by atoms with Crippen molar-refractivity contribution in [2.75, 3.05) is 0 Å². The third-order valence-electron chi connectivity index (χ3n) is 2.91. The molecule has 0 saturated carbocycles. The van der Waals surface area contributed by atoms with Gasteiger partial charge in [-0.2, -0.15) is 0 Å². The molecule has 0 aliphatic rings. The summed E-state index contributed by atoms with van der Waals surface area (Å²) in [6.45, 7) is 6.13. The number of benzene rings is 2. The zero-order valence-electron chi connectivity index (χ0n) is 10.9. The van der Waals surface area contributed by atoms with Gasteiger partial charge >= 0.3 is 0 Å². The Morgan fingerprint density at radius 2 is 1.72 bits per heavy atom. The Bertz CT molecular complexity index is 547. The zero-order chi connectivity index (χ0) is 13.1. The van der Waals surface area contributed by atoms with Crippen molar-refractivity contribution in [3.05, 3.63) is 59.4 Å². The van der Waals surface area contributed by atoms with Crippen molar-refractivity contribution in [2.45, 2.75) is 26.7 Å². The maximum atomic E-state index is 13.2. The van der Waals surface area contributed by atoms with Gasteiger partial charge in [0.2, 0.25) is 0 Å². The summed E-state index contributed by atoms with van der Waals surface area (Å²) < 4.78 is 19.1. The highest BCUT2D eigenvalue weighted by Crippen LogP contribution is 2.32. The molecule has 0 saturated heterocycles. The van der Waals surface area contributed by atoms with Gasteiger partial charge in [-0.3, -0.25) is 0 Å². The van der Waals surface area contributed by atoms with Crippen molar-refractivity contribution >= 4 is 0 Å². The first kappa shape index (κ1) is 12.6. The number of halogens is 1. The van der Waals surface area contributed by atoms with Crippen molar-refractivity contribution in [3.8, 4) is 11.5 Å². The summed E-state index contributed by atoms with van der Waals surface area (Å²) in [5.74, 6) is 1.46. The predicted octanol–water partition coefficient (Wildman–Crippen LogP) is 5.05. The highest BCUT2D eigenvalue weighted by Gasteiger charge is 2.09. The van der Waals surface area contributed by atoms with Crippen LogP contribution in [0.2, 0.25) is 0 Å². The van der Waals surface area contributed by atoms with Crippen molar-refractivity contribution in [1.29, 1.82) is 0 Å². The Morgan fingerprint density at radius 1 is 1.00 bits per heavy atom. The molecular formula is C16H17FO. The third-order valence-corrected chi connectivity index (χ3v) is 2.91. The number of ether oxygens (including phenoxy) is 1. The SMILES string of the molecule is Cc1ccc(F)cc1Oc1ccccc1C(C)C. The lowest BCUT2D eigenvalue weighted by atomic mass is 10.0. The third kappa shape index (κ3) is 2.70. The van der Waals surface area contributed by atoms with Crippen LogP contribution < -0.4 is 4.74 Å². The van der Waals surface area contributed by atoms with E-state index in [1.165, 1.54) is 12.1 Å². The highest BCUT2D eigenvalue weighted by molar-refractivity contribution is 5.42. The summed E-state index contributed by atoms with van der Waals surface area (Å²) in [7, 11) is 0. The fraction of sp³-hybridized carbons (Fsp3) is 0.250. The molecular weight excluding hydrogens is 227 g/mol. The maximum Gasteiger partial charge on any atom is 0.133 e. The first-order valence-corrected chi connectivity index (χ1v) is 6.11. The molecule has 0 atom stereocenters. The van der Waals surface area contributed by atoms with Gasteiger partial charge in [0, 0.05) is 6.07 Å². The molecule has 0 spiro atoms. The first-order chi connectivity index (χ1) is 8.58. The van der Waals surface area contributed by atoms with E-state index in [1.807, 2.05) is 31.2 Å². The van der Waals surface area contributed by atoms with Gasteiger partial charge in [0.05, 0.1) is 0 Å². The minimum Gasteiger partial charge on any atom is -0.457 e. The highest BCUT2D eigenvalue weighted by atomic mass is 19.1. The van der Waals surface area contributed by atoms with Crippen LogP contribution in [0.5, 0.6) is 11.5 Å². The van der Waals surface area contributed by atoms with Gasteiger partial charge in [0.1, 0.15) is 17.3 Å². The summed E-state index contributed by atoms with van der Waals surface area (Å²) in [5, 5.41) is 0. The molecule has 0 aromatic heterocycles. The molecule has 0 N–H and O–H groups in total. The van der Waals surface area contributed by atoms with Crippen LogP contribution >= 0.6 is 0 Å². The van der Waals surface area contributed by atoms with Crippen LogP contribution in [0.1, 0.15) is 30.9 Å². The second-order valence-electron chi connectivity index (χ2n) is 4.70. The van der Waals surface area contributed by atoms with Gasteiger partial charge in [-0.25, -0.2) is 4.39 Å². The van der Waals surface area contributed by atoms with Crippen LogP contribution in [-0.4, -0.2) is 0 Å². The van der Waals surface area contributed by atoms with Crippen molar-refractivity contribution in [1.82, 2.24) is 0 Å². The molecule has 18 heavy (non-hydrogen) atoms. The molecule has 2 rings (SSSR count). The normalized spacial score (nSPS) is 10.7. The molecule has 0 fully saturated rings. The fourth-order valence-corrected chi connectivity index (χ4v) is 1.85. The van der Waals surface area contributed by atoms with Gasteiger partial charge in [0.15, 0.2) is 0 Å². The standard InChI is InChI=1S/C16H17FO/c1-11(2)14-6-4-5-7-15(14)18-16-10-13(17)9-8-12(16)3/h4-11H,1-3H3. The lowest BCUT2D eigenvalue weighted by Crippen LogP contribution is -1.95. The lowest BCUT2D eigenvalue weighted by Gasteiger charge is -2.14. The number of para-hydroxylation sites is 1. The Balaban J connectivity index is 2.37. The molecule has 1 nitrogen and oxygen atoms in total. The van der Waals surface area contributed by atoms with Crippen molar-refractivity contribution in [2.24, 2.45) is 0 Å². The minimum absolute atomic E-state index is 0.280. The lowest BCUT2D eigenvalue weighted by molar-refractivity contribution is 0.464. The smallest absolute Gasteiger partial charge is 0.133 e. The number of aryl methyl sites for hydroxylation is 1. The topological polar surface area (TPSA) is 9.23 Å². The summed E-state index contributed by atoms with van der Waals surface area (Å²) >= 11 is 0. The van der Waals surface area contributed by atoms with E-state index in [0.29, 0.717) is 11.7 Å². The molecule has 2 aromatic carbocycles. The molecule has 0 unspecified atom stereocenters. The van der Waals surface area contributed by atoms with Gasteiger partial charge < -0.3 is 4.74 Å². The first-order valence-electron chi connectivity index (χ1n) is 6.11. The molecule has 0 aliphatic carbocycles. The zero-order valence-corrected chi connectivity index (χ0v) is 10.9. The van der Waals surface area contributed by atoms with E-state index in [2.05, 4.69) is 13.8 Å². The number of rotatable bonds is 3. The average molecular weight is 244 g/mol. The van der Waals surface area contributed by atoms with Gasteiger partial charge in [-0.05, 0) is 36.1 Å². The van der Waals surface area contributed by atoms with E-state index in [1.54, 1.807) is 6.07 Å². The Labute approximate surface area is 107 Å².